The van der Waals surface area contributed by atoms with Crippen LogP contribution in [0, 0.1) is 0 Å². The van der Waals surface area contributed by atoms with E-state index < -0.39 is 20.3 Å². The van der Waals surface area contributed by atoms with E-state index >= 15 is 0 Å². The predicted octanol–water partition coefficient (Wildman–Crippen LogP) is -0.167. The second-order valence-corrected chi connectivity index (χ2v) is 6.46. The molecule has 1 N–H and O–H groups in total. The van der Waals surface area contributed by atoms with Crippen LogP contribution < -0.4 is 5.32 Å². The molecule has 1 saturated heterocycles. The molecule has 2 amide bonds. The molecule has 2 atom stereocenters. The number of hydrogen-bond acceptors (Lipinski definition) is 3. The van der Waals surface area contributed by atoms with Crippen molar-refractivity contribution < 1.29 is 13.2 Å². The molecule has 0 saturated carbocycles. The maximum absolute atomic E-state index is 11.6. The molecule has 6 heteroatoms. The Kier molecular flexibility index (Phi) is 3.04. The van der Waals surface area contributed by atoms with Gasteiger partial charge < -0.3 is 10.2 Å². The molecule has 0 aliphatic carbocycles. The van der Waals surface area contributed by atoms with Crippen LogP contribution in [0.3, 0.4) is 0 Å². The van der Waals surface area contributed by atoms with E-state index in [1.807, 2.05) is 0 Å². The smallest absolute Gasteiger partial charge is 0.317 e. The minimum absolute atomic E-state index is 0.210. The zero-order valence-electron chi connectivity index (χ0n) is 8.65. The first-order chi connectivity index (χ1) is 6.39. The fourth-order valence-electron chi connectivity index (χ4n) is 1.62. The Morgan fingerprint density at radius 3 is 2.07 bits per heavy atom. The van der Waals surface area contributed by atoms with Crippen LogP contribution in [-0.4, -0.2) is 50.0 Å². The van der Waals surface area contributed by atoms with Gasteiger partial charge >= 0.3 is 6.03 Å². The van der Waals surface area contributed by atoms with E-state index in [1.54, 1.807) is 20.9 Å². The predicted molar refractivity (Wildman–Crippen MR) is 53.9 cm³/mol. The van der Waals surface area contributed by atoms with Gasteiger partial charge in [-0.1, -0.05) is 0 Å². The van der Waals surface area contributed by atoms with Crippen LogP contribution in [0.15, 0.2) is 0 Å². The Bertz CT molecular complexity index is 307. The zero-order valence-corrected chi connectivity index (χ0v) is 9.47. The lowest BCUT2D eigenvalue weighted by Crippen LogP contribution is -2.54. The van der Waals surface area contributed by atoms with Crippen LogP contribution in [0.1, 0.15) is 13.8 Å². The first-order valence-electron chi connectivity index (χ1n) is 4.59. The van der Waals surface area contributed by atoms with E-state index in [0.29, 0.717) is 0 Å². The van der Waals surface area contributed by atoms with Crippen LogP contribution in [0.4, 0.5) is 4.79 Å². The summed E-state index contributed by atoms with van der Waals surface area (Å²) in [5.74, 6) is 0. The standard InChI is InChI=1S/C8H16N2O3S/c1-6-4-10(8(11)9-3)5-7(2)14(6,12)13/h6-7H,4-5H2,1-3H3,(H,9,11). The Balaban J connectivity index is 2.81. The van der Waals surface area contributed by atoms with Crippen molar-refractivity contribution in [3.63, 3.8) is 0 Å². The highest BCUT2D eigenvalue weighted by molar-refractivity contribution is 7.92. The molecule has 0 spiro atoms. The Morgan fingerprint density at radius 1 is 1.29 bits per heavy atom. The molecule has 0 radical (unpaired) electrons. The summed E-state index contributed by atoms with van der Waals surface area (Å²) in [4.78, 5) is 12.8. The lowest BCUT2D eigenvalue weighted by Gasteiger charge is -2.34. The number of hydrogen-bond donors (Lipinski definition) is 1. The second kappa shape index (κ2) is 3.76. The summed E-state index contributed by atoms with van der Waals surface area (Å²) in [6.45, 7) is 3.85. The highest BCUT2D eigenvalue weighted by Crippen LogP contribution is 2.18. The van der Waals surface area contributed by atoms with Crippen molar-refractivity contribution in [1.82, 2.24) is 10.2 Å². The minimum atomic E-state index is -3.04. The Morgan fingerprint density at radius 2 is 1.71 bits per heavy atom. The third-order valence-electron chi connectivity index (χ3n) is 2.58. The summed E-state index contributed by atoms with van der Waals surface area (Å²) in [5.41, 5.74) is 0. The average molecular weight is 220 g/mol. The van der Waals surface area contributed by atoms with E-state index in [9.17, 15) is 13.2 Å². The van der Waals surface area contributed by atoms with Gasteiger partial charge in [-0.25, -0.2) is 13.2 Å². The Labute approximate surface area is 84.4 Å². The molecule has 2 unspecified atom stereocenters. The molecular formula is C8H16N2O3S. The fraction of sp³-hybridized carbons (Fsp3) is 0.875. The summed E-state index contributed by atoms with van der Waals surface area (Å²) in [6.07, 6.45) is 0. The fourth-order valence-corrected chi connectivity index (χ4v) is 3.19. The van der Waals surface area contributed by atoms with Crippen molar-refractivity contribution in [3.05, 3.63) is 0 Å². The van der Waals surface area contributed by atoms with Crippen molar-refractivity contribution in [2.24, 2.45) is 0 Å². The van der Waals surface area contributed by atoms with Crippen LogP contribution >= 0.6 is 0 Å². The van der Waals surface area contributed by atoms with Gasteiger partial charge in [0, 0.05) is 20.1 Å². The molecule has 0 aromatic rings. The third kappa shape index (κ3) is 1.84. The summed E-state index contributed by atoms with van der Waals surface area (Å²) in [5, 5.41) is 1.56. The number of sulfone groups is 1. The molecule has 1 aliphatic rings. The number of nitrogens with zero attached hydrogens (tertiary/aromatic N) is 1. The molecule has 0 aromatic carbocycles. The number of urea groups is 1. The van der Waals surface area contributed by atoms with Crippen molar-refractivity contribution in [2.45, 2.75) is 24.3 Å². The quantitative estimate of drug-likeness (QED) is 0.616. The number of rotatable bonds is 0. The minimum Gasteiger partial charge on any atom is -0.341 e. The molecule has 5 nitrogen and oxygen atoms in total. The first-order valence-corrected chi connectivity index (χ1v) is 6.20. The lowest BCUT2D eigenvalue weighted by molar-refractivity contribution is 0.197. The molecule has 1 heterocycles. The van der Waals surface area contributed by atoms with Gasteiger partial charge in [-0.05, 0) is 13.8 Å². The molecule has 0 bridgehead atoms. The van der Waals surface area contributed by atoms with Gasteiger partial charge in [0.15, 0.2) is 9.84 Å². The molecule has 0 aromatic heterocycles. The maximum Gasteiger partial charge on any atom is 0.317 e. The average Bonchev–Trinajstić information content (AvgIpc) is 2.13. The SMILES string of the molecule is CNC(=O)N1CC(C)S(=O)(=O)C(C)C1. The summed E-state index contributed by atoms with van der Waals surface area (Å²) in [6, 6.07) is -0.210. The van der Waals surface area contributed by atoms with Crippen molar-refractivity contribution in [1.29, 1.82) is 0 Å². The topological polar surface area (TPSA) is 66.5 Å². The molecular weight excluding hydrogens is 204 g/mol. The van der Waals surface area contributed by atoms with Crippen molar-refractivity contribution >= 4 is 15.9 Å². The van der Waals surface area contributed by atoms with E-state index in [2.05, 4.69) is 5.32 Å². The summed E-state index contributed by atoms with van der Waals surface area (Å²) < 4.78 is 23.2. The van der Waals surface area contributed by atoms with Gasteiger partial charge in [0.05, 0.1) is 10.5 Å². The largest absolute Gasteiger partial charge is 0.341 e. The van der Waals surface area contributed by atoms with Gasteiger partial charge in [-0.3, -0.25) is 0 Å². The summed E-state index contributed by atoms with van der Waals surface area (Å²) in [7, 11) is -1.49. The number of carbonyl (C=O) groups is 1. The zero-order chi connectivity index (χ0) is 10.9. The van der Waals surface area contributed by atoms with Gasteiger partial charge in [-0.15, -0.1) is 0 Å². The molecule has 82 valence electrons. The molecule has 14 heavy (non-hydrogen) atoms. The van der Waals surface area contributed by atoms with Crippen LogP contribution in [0.25, 0.3) is 0 Å². The van der Waals surface area contributed by atoms with Gasteiger partial charge in [-0.2, -0.15) is 0 Å². The van der Waals surface area contributed by atoms with Crippen LogP contribution in [0.2, 0.25) is 0 Å². The summed E-state index contributed by atoms with van der Waals surface area (Å²) >= 11 is 0. The van der Waals surface area contributed by atoms with Crippen molar-refractivity contribution in [3.8, 4) is 0 Å². The van der Waals surface area contributed by atoms with E-state index in [1.165, 1.54) is 4.90 Å². The van der Waals surface area contributed by atoms with Gasteiger partial charge in [0.25, 0.3) is 0 Å². The maximum atomic E-state index is 11.6. The second-order valence-electron chi connectivity index (χ2n) is 3.67. The van der Waals surface area contributed by atoms with Crippen molar-refractivity contribution in [2.75, 3.05) is 20.1 Å². The first kappa shape index (κ1) is 11.3. The van der Waals surface area contributed by atoms with E-state index in [-0.39, 0.29) is 19.1 Å². The monoisotopic (exact) mass is 220 g/mol. The van der Waals surface area contributed by atoms with E-state index in [0.717, 1.165) is 0 Å². The lowest BCUT2D eigenvalue weighted by atomic mass is 10.3. The normalized spacial score (nSPS) is 31.2. The van der Waals surface area contributed by atoms with Gasteiger partial charge in [0.2, 0.25) is 0 Å². The number of carbonyl (C=O) groups excluding carboxylic acids is 1. The molecule has 1 aliphatic heterocycles. The Hall–Kier alpha value is -0.780. The molecule has 1 rings (SSSR count). The third-order valence-corrected chi connectivity index (χ3v) is 5.12. The highest BCUT2D eigenvalue weighted by Gasteiger charge is 2.37. The highest BCUT2D eigenvalue weighted by atomic mass is 32.2. The van der Waals surface area contributed by atoms with Gasteiger partial charge in [0.1, 0.15) is 0 Å². The number of amides is 2. The van der Waals surface area contributed by atoms with Crippen LogP contribution in [-0.2, 0) is 9.84 Å². The van der Waals surface area contributed by atoms with E-state index in [4.69, 9.17) is 0 Å². The number of nitrogens with one attached hydrogen (secondary N) is 1. The molecule has 1 fully saturated rings. The van der Waals surface area contributed by atoms with Crippen LogP contribution in [0.5, 0.6) is 0 Å².